The molecule has 0 radical (unpaired) electrons. The molecule has 0 bridgehead atoms. The van der Waals surface area contributed by atoms with E-state index in [0.29, 0.717) is 0 Å². The highest BCUT2D eigenvalue weighted by Crippen LogP contribution is 2.30. The van der Waals surface area contributed by atoms with E-state index in [1.165, 1.54) is 4.88 Å². The van der Waals surface area contributed by atoms with Gasteiger partial charge in [0, 0.05) is 17.1 Å². The van der Waals surface area contributed by atoms with Crippen molar-refractivity contribution in [1.82, 2.24) is 0 Å². The summed E-state index contributed by atoms with van der Waals surface area (Å²) >= 11 is 1.71. The van der Waals surface area contributed by atoms with Crippen molar-refractivity contribution in [3.05, 3.63) is 40.6 Å². The van der Waals surface area contributed by atoms with Crippen molar-refractivity contribution in [1.29, 1.82) is 0 Å². The van der Waals surface area contributed by atoms with Crippen LogP contribution in [-0.2, 0) is 11.3 Å². The number of carbonyl (C=O) groups excluding carboxylic acids is 1. The van der Waals surface area contributed by atoms with E-state index >= 15 is 0 Å². The summed E-state index contributed by atoms with van der Waals surface area (Å²) in [5.74, 6) is 0.606. The van der Waals surface area contributed by atoms with E-state index in [0.717, 1.165) is 23.7 Å². The Balaban J connectivity index is 1.73. The fourth-order valence-electron chi connectivity index (χ4n) is 1.80. The molecule has 1 aliphatic rings. The first kappa shape index (κ1) is 11.1. The molecular weight excluding hydrogens is 248 g/mol. The summed E-state index contributed by atoms with van der Waals surface area (Å²) in [6, 6.07) is 9.82. The summed E-state index contributed by atoms with van der Waals surface area (Å²) < 4.78 is 5.30. The van der Waals surface area contributed by atoms with Gasteiger partial charge in [0.25, 0.3) is 5.91 Å². The summed E-state index contributed by atoms with van der Waals surface area (Å²) in [6.07, 6.45) is 0. The standard InChI is InChI=1S/C13H12N2O2S/c16-13-8-17-12-4-3-9(6-11(12)15-13)14-7-10-2-1-5-18-10/h1-6,14H,7-8H2,(H,15,16). The number of hydrogen-bond donors (Lipinski definition) is 2. The van der Waals surface area contributed by atoms with Gasteiger partial charge in [-0.3, -0.25) is 4.79 Å². The van der Waals surface area contributed by atoms with Crippen molar-refractivity contribution < 1.29 is 9.53 Å². The molecule has 2 heterocycles. The molecule has 2 N–H and O–H groups in total. The Morgan fingerprint density at radius 1 is 1.39 bits per heavy atom. The third-order valence-electron chi connectivity index (χ3n) is 2.66. The number of fused-ring (bicyclic) bond motifs is 1. The van der Waals surface area contributed by atoms with Crippen LogP contribution in [0, 0.1) is 0 Å². The van der Waals surface area contributed by atoms with Crippen LogP contribution in [0.4, 0.5) is 11.4 Å². The van der Waals surface area contributed by atoms with Gasteiger partial charge in [0.05, 0.1) is 5.69 Å². The predicted octanol–water partition coefficient (Wildman–Crippen LogP) is 2.69. The van der Waals surface area contributed by atoms with E-state index in [1.807, 2.05) is 24.3 Å². The molecule has 1 aromatic heterocycles. The Bertz CT molecular complexity index is 566. The SMILES string of the molecule is O=C1COc2ccc(NCc3cccs3)cc2N1. The van der Waals surface area contributed by atoms with Crippen LogP contribution in [0.1, 0.15) is 4.88 Å². The van der Waals surface area contributed by atoms with Gasteiger partial charge >= 0.3 is 0 Å². The van der Waals surface area contributed by atoms with Crippen LogP contribution in [0.15, 0.2) is 35.7 Å². The smallest absolute Gasteiger partial charge is 0.262 e. The highest BCUT2D eigenvalue weighted by Gasteiger charge is 2.15. The number of thiophene rings is 1. The van der Waals surface area contributed by atoms with Crippen LogP contribution in [-0.4, -0.2) is 12.5 Å². The zero-order valence-corrected chi connectivity index (χ0v) is 10.4. The van der Waals surface area contributed by atoms with Crippen LogP contribution >= 0.6 is 11.3 Å². The highest BCUT2D eigenvalue weighted by molar-refractivity contribution is 7.09. The number of nitrogens with one attached hydrogen (secondary N) is 2. The molecule has 0 unspecified atom stereocenters. The van der Waals surface area contributed by atoms with Crippen molar-refractivity contribution in [2.75, 3.05) is 17.2 Å². The van der Waals surface area contributed by atoms with Crippen molar-refractivity contribution in [2.45, 2.75) is 6.54 Å². The number of amides is 1. The second-order valence-corrected chi connectivity index (χ2v) is 5.01. The van der Waals surface area contributed by atoms with E-state index in [2.05, 4.69) is 22.1 Å². The molecule has 1 amide bonds. The maximum Gasteiger partial charge on any atom is 0.262 e. The molecule has 1 aromatic carbocycles. The van der Waals surface area contributed by atoms with Gasteiger partial charge in [-0.05, 0) is 29.6 Å². The number of rotatable bonds is 3. The second-order valence-electron chi connectivity index (χ2n) is 3.98. The minimum atomic E-state index is -0.113. The van der Waals surface area contributed by atoms with Crippen LogP contribution < -0.4 is 15.4 Å². The van der Waals surface area contributed by atoms with E-state index in [1.54, 1.807) is 11.3 Å². The molecule has 92 valence electrons. The lowest BCUT2D eigenvalue weighted by Crippen LogP contribution is -2.25. The Morgan fingerprint density at radius 2 is 2.33 bits per heavy atom. The summed E-state index contributed by atoms with van der Waals surface area (Å²) in [6.45, 7) is 0.875. The number of hydrogen-bond acceptors (Lipinski definition) is 4. The molecule has 0 aliphatic carbocycles. The third-order valence-corrected chi connectivity index (χ3v) is 3.54. The van der Waals surface area contributed by atoms with E-state index in [-0.39, 0.29) is 12.5 Å². The average Bonchev–Trinajstić information content (AvgIpc) is 2.89. The van der Waals surface area contributed by atoms with Crippen molar-refractivity contribution in [3.63, 3.8) is 0 Å². The van der Waals surface area contributed by atoms with Gasteiger partial charge in [-0.1, -0.05) is 6.07 Å². The van der Waals surface area contributed by atoms with Gasteiger partial charge in [0.1, 0.15) is 5.75 Å². The Morgan fingerprint density at radius 3 is 3.17 bits per heavy atom. The lowest BCUT2D eigenvalue weighted by molar-refractivity contribution is -0.118. The zero-order valence-electron chi connectivity index (χ0n) is 9.60. The van der Waals surface area contributed by atoms with Gasteiger partial charge in [-0.25, -0.2) is 0 Å². The number of anilines is 2. The van der Waals surface area contributed by atoms with Crippen LogP contribution in [0.5, 0.6) is 5.75 Å². The Hall–Kier alpha value is -2.01. The van der Waals surface area contributed by atoms with Crippen LogP contribution in [0.25, 0.3) is 0 Å². The molecular formula is C13H12N2O2S. The molecule has 0 spiro atoms. The summed E-state index contributed by atoms with van der Waals surface area (Å²) in [7, 11) is 0. The van der Waals surface area contributed by atoms with Gasteiger partial charge in [-0.15, -0.1) is 11.3 Å². The first-order valence-electron chi connectivity index (χ1n) is 5.64. The lowest BCUT2D eigenvalue weighted by atomic mass is 10.2. The number of benzene rings is 1. The lowest BCUT2D eigenvalue weighted by Gasteiger charge is -2.18. The van der Waals surface area contributed by atoms with Gasteiger partial charge in [0.2, 0.25) is 0 Å². The molecule has 0 atom stereocenters. The first-order valence-corrected chi connectivity index (χ1v) is 6.52. The Labute approximate surface area is 109 Å². The van der Waals surface area contributed by atoms with E-state index in [9.17, 15) is 4.79 Å². The first-order chi connectivity index (χ1) is 8.81. The van der Waals surface area contributed by atoms with E-state index < -0.39 is 0 Å². The minimum Gasteiger partial charge on any atom is -0.482 e. The van der Waals surface area contributed by atoms with Crippen molar-refractivity contribution in [3.8, 4) is 5.75 Å². The molecule has 5 heteroatoms. The number of carbonyl (C=O) groups is 1. The van der Waals surface area contributed by atoms with Gasteiger partial charge in [-0.2, -0.15) is 0 Å². The molecule has 18 heavy (non-hydrogen) atoms. The molecule has 0 saturated heterocycles. The monoisotopic (exact) mass is 260 g/mol. The quantitative estimate of drug-likeness (QED) is 0.892. The third kappa shape index (κ3) is 2.31. The molecule has 0 fully saturated rings. The zero-order chi connectivity index (χ0) is 12.4. The highest BCUT2D eigenvalue weighted by atomic mass is 32.1. The maximum absolute atomic E-state index is 11.2. The summed E-state index contributed by atoms with van der Waals surface area (Å²) in [4.78, 5) is 12.5. The van der Waals surface area contributed by atoms with Crippen molar-refractivity contribution >= 4 is 28.6 Å². The molecule has 1 aliphatic heterocycles. The second kappa shape index (κ2) is 4.70. The fraction of sp³-hybridized carbons (Fsp3) is 0.154. The predicted molar refractivity (Wildman–Crippen MR) is 72.2 cm³/mol. The van der Waals surface area contributed by atoms with Crippen LogP contribution in [0.3, 0.4) is 0 Å². The largest absolute Gasteiger partial charge is 0.482 e. The molecule has 4 nitrogen and oxygen atoms in total. The average molecular weight is 260 g/mol. The fourth-order valence-corrected chi connectivity index (χ4v) is 2.44. The van der Waals surface area contributed by atoms with Gasteiger partial charge in [0.15, 0.2) is 6.61 Å². The minimum absolute atomic E-state index is 0.0922. The molecule has 3 rings (SSSR count). The number of ether oxygens (including phenoxy) is 1. The molecule has 0 saturated carbocycles. The van der Waals surface area contributed by atoms with Gasteiger partial charge < -0.3 is 15.4 Å². The summed E-state index contributed by atoms with van der Waals surface area (Å²) in [5, 5.41) is 8.16. The van der Waals surface area contributed by atoms with E-state index in [4.69, 9.17) is 4.74 Å². The Kier molecular flexibility index (Phi) is 2.90. The normalized spacial score (nSPS) is 13.4. The summed E-state index contributed by atoms with van der Waals surface area (Å²) in [5.41, 5.74) is 1.69. The van der Waals surface area contributed by atoms with Crippen molar-refractivity contribution in [2.24, 2.45) is 0 Å². The maximum atomic E-state index is 11.2. The molecule has 2 aromatic rings. The topological polar surface area (TPSA) is 50.4 Å². The van der Waals surface area contributed by atoms with Crippen LogP contribution in [0.2, 0.25) is 0 Å².